The predicted molar refractivity (Wildman–Crippen MR) is 88.2 cm³/mol. The summed E-state index contributed by atoms with van der Waals surface area (Å²) >= 11 is 0. The Morgan fingerprint density at radius 3 is 2.52 bits per heavy atom. The molecule has 0 aliphatic rings. The van der Waals surface area contributed by atoms with E-state index < -0.39 is 30.9 Å². The van der Waals surface area contributed by atoms with Gasteiger partial charge in [-0.15, -0.1) is 0 Å². The first kappa shape index (κ1) is 20.1. The lowest BCUT2D eigenvalue weighted by atomic mass is 10.2. The number of hydrogen-bond acceptors (Lipinski definition) is 5. The zero-order valence-corrected chi connectivity index (χ0v) is 14.2. The van der Waals surface area contributed by atoms with E-state index in [0.717, 1.165) is 12.1 Å². The quantitative estimate of drug-likeness (QED) is 0.710. The summed E-state index contributed by atoms with van der Waals surface area (Å²) in [7, 11) is 1.22. The first-order chi connectivity index (χ1) is 12.9. The number of alkyl halides is 2. The molecular formula is C18H16F3NO5. The molecule has 0 saturated heterocycles. The van der Waals surface area contributed by atoms with Crippen molar-refractivity contribution in [2.75, 3.05) is 13.7 Å². The van der Waals surface area contributed by atoms with Gasteiger partial charge in [-0.05, 0) is 24.3 Å². The van der Waals surface area contributed by atoms with Crippen molar-refractivity contribution in [1.29, 1.82) is 0 Å². The highest BCUT2D eigenvalue weighted by Gasteiger charge is 2.16. The summed E-state index contributed by atoms with van der Waals surface area (Å²) in [6.07, 6.45) is 0. The van der Waals surface area contributed by atoms with Gasteiger partial charge in [0.2, 0.25) is 0 Å². The molecule has 1 N–H and O–H groups in total. The summed E-state index contributed by atoms with van der Waals surface area (Å²) in [4.78, 5) is 23.7. The Hall–Kier alpha value is -3.23. The highest BCUT2D eigenvalue weighted by Crippen LogP contribution is 2.29. The van der Waals surface area contributed by atoms with Crippen LogP contribution in [0.25, 0.3) is 0 Å². The van der Waals surface area contributed by atoms with Crippen molar-refractivity contribution in [2.45, 2.75) is 13.2 Å². The molecule has 0 aliphatic carbocycles. The molecule has 2 aromatic rings. The molecule has 2 aromatic carbocycles. The number of hydrogen-bond donors (Lipinski definition) is 1. The largest absolute Gasteiger partial charge is 0.493 e. The summed E-state index contributed by atoms with van der Waals surface area (Å²) in [6, 6.07) is 9.39. The van der Waals surface area contributed by atoms with Crippen LogP contribution in [-0.2, 0) is 16.1 Å². The van der Waals surface area contributed by atoms with Gasteiger partial charge in [-0.25, -0.2) is 9.18 Å². The lowest BCUT2D eigenvalue weighted by Crippen LogP contribution is -2.28. The van der Waals surface area contributed by atoms with E-state index in [9.17, 15) is 22.8 Å². The summed E-state index contributed by atoms with van der Waals surface area (Å²) in [5, 5.41) is 2.42. The Bertz CT molecular complexity index is 813. The Kier molecular flexibility index (Phi) is 7.04. The molecule has 2 rings (SSSR count). The molecule has 9 heteroatoms. The second kappa shape index (κ2) is 9.46. The molecular weight excluding hydrogens is 367 g/mol. The van der Waals surface area contributed by atoms with Crippen LogP contribution in [0, 0.1) is 5.82 Å². The highest BCUT2D eigenvalue weighted by atomic mass is 19.3. The van der Waals surface area contributed by atoms with E-state index >= 15 is 0 Å². The maximum absolute atomic E-state index is 13.5. The number of methoxy groups -OCH3 is 1. The first-order valence-corrected chi connectivity index (χ1v) is 7.70. The van der Waals surface area contributed by atoms with Gasteiger partial charge in [-0.3, -0.25) is 4.79 Å². The number of carbonyl (C=O) groups excluding carboxylic acids is 2. The third-order valence-electron chi connectivity index (χ3n) is 3.38. The minimum Gasteiger partial charge on any atom is -0.493 e. The molecule has 0 atom stereocenters. The average Bonchev–Trinajstić information content (AvgIpc) is 2.65. The molecule has 0 unspecified atom stereocenters. The number of halogens is 3. The van der Waals surface area contributed by atoms with Crippen molar-refractivity contribution in [2.24, 2.45) is 0 Å². The monoisotopic (exact) mass is 383 g/mol. The third-order valence-corrected chi connectivity index (χ3v) is 3.38. The van der Waals surface area contributed by atoms with Crippen molar-refractivity contribution in [1.82, 2.24) is 5.32 Å². The molecule has 0 aliphatic heterocycles. The second-order valence-corrected chi connectivity index (χ2v) is 5.19. The van der Waals surface area contributed by atoms with Gasteiger partial charge in [0.1, 0.15) is 5.82 Å². The van der Waals surface area contributed by atoms with Gasteiger partial charge in [0.05, 0.1) is 12.7 Å². The van der Waals surface area contributed by atoms with E-state index in [1.807, 2.05) is 0 Å². The van der Waals surface area contributed by atoms with Crippen LogP contribution in [0.5, 0.6) is 11.5 Å². The summed E-state index contributed by atoms with van der Waals surface area (Å²) in [5.74, 6) is -2.29. The van der Waals surface area contributed by atoms with E-state index in [4.69, 9.17) is 9.47 Å². The Morgan fingerprint density at radius 2 is 1.85 bits per heavy atom. The molecule has 0 heterocycles. The number of benzene rings is 2. The fourth-order valence-electron chi connectivity index (χ4n) is 2.09. The summed E-state index contributed by atoms with van der Waals surface area (Å²) in [6.45, 7) is -3.70. The topological polar surface area (TPSA) is 73.9 Å². The fraction of sp³-hybridized carbons (Fsp3) is 0.222. The Morgan fingerprint density at radius 1 is 1.11 bits per heavy atom. The van der Waals surface area contributed by atoms with E-state index in [2.05, 4.69) is 10.1 Å². The molecule has 144 valence electrons. The number of amides is 1. The first-order valence-electron chi connectivity index (χ1n) is 7.70. The maximum atomic E-state index is 13.5. The molecule has 0 aromatic heterocycles. The Labute approximate surface area is 152 Å². The molecule has 0 radical (unpaired) electrons. The van der Waals surface area contributed by atoms with Crippen molar-refractivity contribution >= 4 is 11.9 Å². The highest BCUT2D eigenvalue weighted by molar-refractivity contribution is 5.92. The molecule has 27 heavy (non-hydrogen) atoms. The van der Waals surface area contributed by atoms with Crippen molar-refractivity contribution in [3.05, 3.63) is 59.4 Å². The van der Waals surface area contributed by atoms with Crippen molar-refractivity contribution < 1.29 is 37.0 Å². The van der Waals surface area contributed by atoms with Crippen LogP contribution < -0.4 is 14.8 Å². The lowest BCUT2D eigenvalue weighted by Gasteiger charge is -2.11. The Balaban J connectivity index is 1.89. The molecule has 1 amide bonds. The minimum atomic E-state index is -3.05. The van der Waals surface area contributed by atoms with E-state index in [0.29, 0.717) is 0 Å². The summed E-state index contributed by atoms with van der Waals surface area (Å²) < 4.78 is 52.0. The number of carbonyl (C=O) groups is 2. The van der Waals surface area contributed by atoms with Gasteiger partial charge in [0, 0.05) is 12.1 Å². The second-order valence-electron chi connectivity index (χ2n) is 5.19. The van der Waals surface area contributed by atoms with Crippen molar-refractivity contribution in [3.8, 4) is 11.5 Å². The van der Waals surface area contributed by atoms with Crippen LogP contribution in [0.4, 0.5) is 13.2 Å². The molecule has 6 nitrogen and oxygen atoms in total. The third kappa shape index (κ3) is 5.91. The lowest BCUT2D eigenvalue weighted by molar-refractivity contribution is -0.124. The smallest absolute Gasteiger partial charge is 0.387 e. The number of esters is 1. The number of ether oxygens (including phenoxy) is 3. The van der Waals surface area contributed by atoms with Crippen LogP contribution in [0.2, 0.25) is 0 Å². The minimum absolute atomic E-state index is 0.0182. The van der Waals surface area contributed by atoms with Crippen LogP contribution in [0.3, 0.4) is 0 Å². The molecule has 0 saturated carbocycles. The standard InChI is InChI=1S/C18H16F3NO5/c1-25-15-8-11(6-7-14(15)27-18(20)21)17(24)26-10-16(23)22-9-12-4-2-3-5-13(12)19/h2-8,18H,9-10H2,1H3,(H,22,23). The summed E-state index contributed by atoms with van der Waals surface area (Å²) in [5.41, 5.74) is 0.270. The van der Waals surface area contributed by atoms with Crippen LogP contribution >= 0.6 is 0 Å². The normalized spacial score (nSPS) is 10.4. The molecule has 0 bridgehead atoms. The fourth-order valence-corrected chi connectivity index (χ4v) is 2.09. The van der Waals surface area contributed by atoms with Gasteiger partial charge >= 0.3 is 12.6 Å². The van der Waals surface area contributed by atoms with Gasteiger partial charge < -0.3 is 19.5 Å². The van der Waals surface area contributed by atoms with Gasteiger partial charge in [0.25, 0.3) is 5.91 Å². The maximum Gasteiger partial charge on any atom is 0.387 e. The average molecular weight is 383 g/mol. The zero-order valence-electron chi connectivity index (χ0n) is 14.2. The van der Waals surface area contributed by atoms with E-state index in [1.54, 1.807) is 6.07 Å². The van der Waals surface area contributed by atoms with E-state index in [-0.39, 0.29) is 29.2 Å². The van der Waals surface area contributed by atoms with Gasteiger partial charge in [0.15, 0.2) is 18.1 Å². The molecule has 0 fully saturated rings. The van der Waals surface area contributed by atoms with Crippen LogP contribution in [0.1, 0.15) is 15.9 Å². The van der Waals surface area contributed by atoms with Gasteiger partial charge in [-0.2, -0.15) is 8.78 Å². The van der Waals surface area contributed by atoms with Gasteiger partial charge in [-0.1, -0.05) is 18.2 Å². The van der Waals surface area contributed by atoms with Crippen LogP contribution in [-0.4, -0.2) is 32.2 Å². The van der Waals surface area contributed by atoms with E-state index in [1.165, 1.54) is 31.4 Å². The SMILES string of the molecule is COc1cc(C(=O)OCC(=O)NCc2ccccc2F)ccc1OC(F)F. The number of nitrogens with one attached hydrogen (secondary N) is 1. The van der Waals surface area contributed by atoms with Crippen LogP contribution in [0.15, 0.2) is 42.5 Å². The zero-order chi connectivity index (χ0) is 19.8. The predicted octanol–water partition coefficient (Wildman–Crippen LogP) is 2.91. The number of rotatable bonds is 8. The molecule has 0 spiro atoms. The van der Waals surface area contributed by atoms with Crippen molar-refractivity contribution in [3.63, 3.8) is 0 Å².